The molecule has 0 bridgehead atoms. The number of hydrogen-bond donors (Lipinski definition) is 2. The lowest BCUT2D eigenvalue weighted by molar-refractivity contribution is -0.164. The summed E-state index contributed by atoms with van der Waals surface area (Å²) in [6.07, 6.45) is 2.39. The van der Waals surface area contributed by atoms with Gasteiger partial charge in [-0.05, 0) is 79.8 Å². The third kappa shape index (κ3) is 7.85. The second-order valence-corrected chi connectivity index (χ2v) is 18.0. The molecule has 1 unspecified atom stereocenters. The van der Waals surface area contributed by atoms with Gasteiger partial charge in [0.05, 0.1) is 16.0 Å². The highest BCUT2D eigenvalue weighted by molar-refractivity contribution is 6.31. The number of nitriles is 1. The van der Waals surface area contributed by atoms with Gasteiger partial charge in [-0.25, -0.2) is 0 Å². The van der Waals surface area contributed by atoms with Crippen molar-refractivity contribution in [1.82, 2.24) is 30.5 Å². The first kappa shape index (κ1) is 40.3. The van der Waals surface area contributed by atoms with E-state index >= 15 is 0 Å². The summed E-state index contributed by atoms with van der Waals surface area (Å²) >= 11 is 6.26. The Morgan fingerprint density at radius 1 is 0.898 bits per heavy atom. The van der Waals surface area contributed by atoms with E-state index in [1.807, 2.05) is 24.3 Å². The van der Waals surface area contributed by atoms with Gasteiger partial charge in [0.25, 0.3) is 17.4 Å². The van der Waals surface area contributed by atoms with Gasteiger partial charge in [-0.1, -0.05) is 44.5 Å². The third-order valence-electron chi connectivity index (χ3n) is 13.0. The van der Waals surface area contributed by atoms with Gasteiger partial charge in [-0.3, -0.25) is 29.4 Å². The number of nitrogens with zero attached hydrogens (tertiary/aromatic N) is 7. The molecule has 4 aromatic rings. The standard InChI is InChI=1S/C44H50ClN9O5/c1-43(2)41(44(3,4)42(43)59-32-11-7-29(25-46)34(45)24-32)48-38(56)28-5-8-30(9-6-28)52-17-15-27(16-18-52)26-51-19-21-53(22-20-51)31-10-12-35-33(23-31)40(58)54(50-49-35)36-13-14-37(55)47-39(36)57/h5-12,23-24,27,36,41-42H,13-22,26H2,1-4H3,(H,48,56)(H,47,55,57). The quantitative estimate of drug-likeness (QED) is 0.220. The fourth-order valence-electron chi connectivity index (χ4n) is 9.92. The van der Waals surface area contributed by atoms with Crippen molar-refractivity contribution in [3.8, 4) is 11.8 Å². The first-order valence-corrected chi connectivity index (χ1v) is 20.8. The summed E-state index contributed by atoms with van der Waals surface area (Å²) in [6, 6.07) is 19.7. The molecule has 8 rings (SSSR count). The van der Waals surface area contributed by atoms with Gasteiger partial charge in [0.1, 0.15) is 29.5 Å². The average molecular weight is 820 g/mol. The fraction of sp³-hybridized carbons (Fsp3) is 0.477. The molecule has 2 N–H and O–H groups in total. The van der Waals surface area contributed by atoms with Crippen molar-refractivity contribution in [2.75, 3.05) is 55.6 Å². The van der Waals surface area contributed by atoms with Gasteiger partial charge >= 0.3 is 0 Å². The molecule has 1 saturated carbocycles. The molecular formula is C44H50ClN9O5. The van der Waals surface area contributed by atoms with Crippen LogP contribution >= 0.6 is 11.6 Å². The topological polar surface area (TPSA) is 166 Å². The van der Waals surface area contributed by atoms with Crippen LogP contribution in [0.25, 0.3) is 10.9 Å². The van der Waals surface area contributed by atoms with E-state index in [2.05, 4.69) is 81.5 Å². The number of amides is 3. The molecule has 1 aromatic heterocycles. The van der Waals surface area contributed by atoms with E-state index in [9.17, 15) is 24.4 Å². The minimum absolute atomic E-state index is 0.107. The molecule has 59 heavy (non-hydrogen) atoms. The molecule has 15 heteroatoms. The summed E-state index contributed by atoms with van der Waals surface area (Å²) in [4.78, 5) is 58.2. The van der Waals surface area contributed by atoms with E-state index < -0.39 is 11.9 Å². The largest absolute Gasteiger partial charge is 0.489 e. The second-order valence-electron chi connectivity index (χ2n) is 17.6. The first-order chi connectivity index (χ1) is 28.2. The lowest BCUT2D eigenvalue weighted by atomic mass is 9.49. The molecule has 14 nitrogen and oxygen atoms in total. The second kappa shape index (κ2) is 15.9. The van der Waals surface area contributed by atoms with Crippen LogP contribution in [0.3, 0.4) is 0 Å². The number of carbonyl (C=O) groups is 3. The zero-order chi connectivity index (χ0) is 41.6. The highest BCUT2D eigenvalue weighted by Crippen LogP contribution is 2.55. The summed E-state index contributed by atoms with van der Waals surface area (Å²) in [5.74, 6) is 0.220. The van der Waals surface area contributed by atoms with Gasteiger partial charge < -0.3 is 19.9 Å². The van der Waals surface area contributed by atoms with E-state index in [0.29, 0.717) is 38.7 Å². The zero-order valence-corrected chi connectivity index (χ0v) is 34.7. The highest BCUT2D eigenvalue weighted by atomic mass is 35.5. The molecule has 1 atom stereocenters. The van der Waals surface area contributed by atoms with Crippen LogP contribution in [0.2, 0.25) is 5.02 Å². The smallest absolute Gasteiger partial charge is 0.278 e. The highest BCUT2D eigenvalue weighted by Gasteiger charge is 2.64. The molecule has 308 valence electrons. The predicted octanol–water partition coefficient (Wildman–Crippen LogP) is 4.94. The van der Waals surface area contributed by atoms with E-state index in [1.165, 1.54) is 0 Å². The van der Waals surface area contributed by atoms with Crippen molar-refractivity contribution in [2.45, 2.75) is 71.6 Å². The third-order valence-corrected chi connectivity index (χ3v) is 13.3. The molecule has 4 fully saturated rings. The van der Waals surface area contributed by atoms with Gasteiger partial charge in [0.2, 0.25) is 5.91 Å². The van der Waals surface area contributed by atoms with Crippen LogP contribution < -0.4 is 30.7 Å². The normalized spacial score (nSPS) is 23.3. The van der Waals surface area contributed by atoms with Crippen molar-refractivity contribution in [1.29, 1.82) is 5.26 Å². The summed E-state index contributed by atoms with van der Waals surface area (Å²) in [7, 11) is 0. The number of rotatable bonds is 9. The number of ether oxygens (including phenoxy) is 1. The molecule has 0 spiro atoms. The Kier molecular flexibility index (Phi) is 10.9. The minimum atomic E-state index is -0.853. The van der Waals surface area contributed by atoms with Crippen LogP contribution in [0.1, 0.15) is 75.3 Å². The maximum absolute atomic E-state index is 13.5. The van der Waals surface area contributed by atoms with Crippen LogP contribution in [0.5, 0.6) is 5.75 Å². The molecule has 4 aliphatic rings. The van der Waals surface area contributed by atoms with Gasteiger partial charge in [0.15, 0.2) is 0 Å². The monoisotopic (exact) mass is 819 g/mol. The number of benzene rings is 3. The van der Waals surface area contributed by atoms with Crippen molar-refractivity contribution in [3.63, 3.8) is 0 Å². The van der Waals surface area contributed by atoms with Crippen molar-refractivity contribution in [2.24, 2.45) is 16.7 Å². The molecule has 3 aromatic carbocycles. The van der Waals surface area contributed by atoms with Crippen LogP contribution in [-0.4, -0.2) is 95.6 Å². The number of halogens is 1. The van der Waals surface area contributed by atoms with Gasteiger partial charge in [0, 0.05) is 92.1 Å². The Balaban J connectivity index is 0.802. The molecule has 4 heterocycles. The number of fused-ring (bicyclic) bond motifs is 1. The van der Waals surface area contributed by atoms with Crippen molar-refractivity contribution in [3.05, 3.63) is 87.2 Å². The number of anilines is 2. The van der Waals surface area contributed by atoms with Crippen molar-refractivity contribution < 1.29 is 19.1 Å². The fourth-order valence-corrected chi connectivity index (χ4v) is 10.1. The van der Waals surface area contributed by atoms with E-state index in [1.54, 1.807) is 24.3 Å². The Hall–Kier alpha value is -5.52. The van der Waals surface area contributed by atoms with Crippen LogP contribution in [-0.2, 0) is 9.59 Å². The van der Waals surface area contributed by atoms with Crippen LogP contribution in [0.4, 0.5) is 11.4 Å². The Labute approximate surface area is 348 Å². The lowest BCUT2D eigenvalue weighted by Crippen LogP contribution is -2.74. The maximum atomic E-state index is 13.5. The van der Waals surface area contributed by atoms with Crippen molar-refractivity contribution >= 4 is 51.6 Å². The number of carbonyl (C=O) groups excluding carboxylic acids is 3. The number of nitrogens with one attached hydrogen (secondary N) is 2. The molecule has 3 saturated heterocycles. The number of aromatic nitrogens is 3. The van der Waals surface area contributed by atoms with Gasteiger partial charge in [-0.15, -0.1) is 5.10 Å². The molecule has 3 aliphatic heterocycles. The summed E-state index contributed by atoms with van der Waals surface area (Å²) in [5, 5.41) is 23.8. The van der Waals surface area contributed by atoms with E-state index in [4.69, 9.17) is 16.3 Å². The SMILES string of the molecule is CC1(C)C(NC(=O)c2ccc(N3CCC(CN4CCN(c5ccc6nnn(C7CCC(=O)NC7=O)c(=O)c6c5)CC4)CC3)cc2)C(C)(C)C1Oc1ccc(C#N)c(Cl)c1. The van der Waals surface area contributed by atoms with Crippen LogP contribution in [0.15, 0.2) is 65.5 Å². The number of piperidine rings is 2. The molecular weight excluding hydrogens is 770 g/mol. The summed E-state index contributed by atoms with van der Waals surface area (Å²) in [5.41, 5.74) is 2.48. The first-order valence-electron chi connectivity index (χ1n) is 20.5. The Morgan fingerprint density at radius 3 is 2.24 bits per heavy atom. The average Bonchev–Trinajstić information content (AvgIpc) is 3.23. The molecule has 3 amide bonds. The predicted molar refractivity (Wildman–Crippen MR) is 225 cm³/mol. The Bertz CT molecular complexity index is 2360. The Morgan fingerprint density at radius 2 is 1.58 bits per heavy atom. The number of imide groups is 1. The zero-order valence-electron chi connectivity index (χ0n) is 33.9. The maximum Gasteiger partial charge on any atom is 0.278 e. The van der Waals surface area contributed by atoms with E-state index in [-0.39, 0.29) is 53.2 Å². The van der Waals surface area contributed by atoms with Gasteiger partial charge in [-0.2, -0.15) is 9.94 Å². The summed E-state index contributed by atoms with van der Waals surface area (Å²) in [6.45, 7) is 14.9. The number of hydrogen-bond acceptors (Lipinski definition) is 11. The van der Waals surface area contributed by atoms with E-state index in [0.717, 1.165) is 74.7 Å². The van der Waals surface area contributed by atoms with Crippen LogP contribution in [0, 0.1) is 28.1 Å². The lowest BCUT2D eigenvalue weighted by Gasteiger charge is -2.63. The minimum Gasteiger partial charge on any atom is -0.489 e. The summed E-state index contributed by atoms with van der Waals surface area (Å²) < 4.78 is 7.49. The number of piperazine rings is 1. The molecule has 1 aliphatic carbocycles. The molecule has 0 radical (unpaired) electrons.